The van der Waals surface area contributed by atoms with Gasteiger partial charge >= 0.3 is 5.97 Å². The highest BCUT2D eigenvalue weighted by Crippen LogP contribution is 2.18. The van der Waals surface area contributed by atoms with Gasteiger partial charge in [0.15, 0.2) is 0 Å². The maximum atomic E-state index is 11.4. The number of nitrogen functional groups attached to an aromatic ring is 1. The second-order valence-electron chi connectivity index (χ2n) is 4.79. The molecular formula is C11H18N2O2. The summed E-state index contributed by atoms with van der Waals surface area (Å²) >= 11 is 0. The fourth-order valence-electron chi connectivity index (χ4n) is 1.06. The largest absolute Gasteiger partial charge is 0.461 e. The topological polar surface area (TPSA) is 68.1 Å². The summed E-state index contributed by atoms with van der Waals surface area (Å²) in [5.74, 6) is -0.351. The van der Waals surface area contributed by atoms with E-state index in [4.69, 9.17) is 10.5 Å². The van der Waals surface area contributed by atoms with Gasteiger partial charge in [-0.25, -0.2) is 4.79 Å². The molecule has 84 valence electrons. The highest BCUT2D eigenvalue weighted by molar-refractivity contribution is 5.88. The van der Waals surface area contributed by atoms with Crippen LogP contribution in [0.4, 0.5) is 5.69 Å². The first-order valence-corrected chi connectivity index (χ1v) is 4.99. The molecule has 15 heavy (non-hydrogen) atoms. The first kappa shape index (κ1) is 11.6. The number of esters is 1. The van der Waals surface area contributed by atoms with Crippen molar-refractivity contribution in [3.8, 4) is 0 Å². The first-order valence-electron chi connectivity index (χ1n) is 4.99. The monoisotopic (exact) mass is 210 g/mol. The summed E-state index contributed by atoms with van der Waals surface area (Å²) in [7, 11) is 0. The predicted octanol–water partition coefficient (Wildman–Crippen LogP) is 2.19. The van der Waals surface area contributed by atoms with Gasteiger partial charge in [-0.3, -0.25) is 0 Å². The van der Waals surface area contributed by atoms with Gasteiger partial charge < -0.3 is 15.5 Å². The Hall–Kier alpha value is -1.45. The van der Waals surface area contributed by atoms with E-state index < -0.39 is 0 Å². The van der Waals surface area contributed by atoms with E-state index in [0.717, 1.165) is 6.42 Å². The zero-order valence-electron chi connectivity index (χ0n) is 9.46. The number of carbonyl (C=O) groups excluding carboxylic acids is 1. The van der Waals surface area contributed by atoms with Crippen molar-refractivity contribution in [2.24, 2.45) is 5.41 Å². The number of ether oxygens (including phenoxy) is 1. The third kappa shape index (κ3) is 4.06. The van der Waals surface area contributed by atoms with E-state index in [9.17, 15) is 4.79 Å². The molecule has 0 aromatic carbocycles. The molecule has 3 N–H and O–H groups in total. The van der Waals surface area contributed by atoms with E-state index in [1.807, 2.05) is 0 Å². The van der Waals surface area contributed by atoms with Gasteiger partial charge in [-0.15, -0.1) is 0 Å². The molecule has 0 spiro atoms. The minimum atomic E-state index is -0.351. The zero-order valence-corrected chi connectivity index (χ0v) is 9.46. The van der Waals surface area contributed by atoms with E-state index in [1.54, 1.807) is 12.3 Å². The summed E-state index contributed by atoms with van der Waals surface area (Å²) in [6.07, 6.45) is 2.41. The lowest BCUT2D eigenvalue weighted by atomic mass is 9.93. The number of rotatable bonds is 3. The molecular weight excluding hydrogens is 192 g/mol. The average molecular weight is 210 g/mol. The molecule has 4 heteroatoms. The van der Waals surface area contributed by atoms with Crippen LogP contribution in [0.1, 0.15) is 37.7 Å². The molecule has 0 atom stereocenters. The van der Waals surface area contributed by atoms with E-state index in [-0.39, 0.29) is 11.4 Å². The molecule has 0 unspecified atom stereocenters. The van der Waals surface area contributed by atoms with Crippen molar-refractivity contribution in [1.82, 2.24) is 4.98 Å². The Balaban J connectivity index is 2.37. The SMILES string of the molecule is CC(C)(C)CCOC(=O)c1cc(N)c[nH]1. The van der Waals surface area contributed by atoms with Gasteiger partial charge in [0.05, 0.1) is 12.3 Å². The number of carbonyl (C=O) groups is 1. The van der Waals surface area contributed by atoms with Crippen LogP contribution in [0.15, 0.2) is 12.3 Å². The van der Waals surface area contributed by atoms with Crippen molar-refractivity contribution in [1.29, 1.82) is 0 Å². The molecule has 0 amide bonds. The molecule has 4 nitrogen and oxygen atoms in total. The quantitative estimate of drug-likeness (QED) is 0.751. The van der Waals surface area contributed by atoms with Gasteiger partial charge in [0.25, 0.3) is 0 Å². The van der Waals surface area contributed by atoms with Crippen molar-refractivity contribution < 1.29 is 9.53 Å². The van der Waals surface area contributed by atoms with E-state index >= 15 is 0 Å². The van der Waals surface area contributed by atoms with Crippen molar-refractivity contribution >= 4 is 11.7 Å². The molecule has 0 saturated heterocycles. The minimum absolute atomic E-state index is 0.176. The number of aromatic amines is 1. The van der Waals surface area contributed by atoms with Crippen molar-refractivity contribution in [2.75, 3.05) is 12.3 Å². The van der Waals surface area contributed by atoms with Gasteiger partial charge in [-0.2, -0.15) is 0 Å². The number of hydrogen-bond donors (Lipinski definition) is 2. The standard InChI is InChI=1S/C11H18N2O2/c1-11(2,3)4-5-15-10(14)9-6-8(12)7-13-9/h6-7,13H,4-5,12H2,1-3H3. The Kier molecular flexibility index (Phi) is 3.39. The number of hydrogen-bond acceptors (Lipinski definition) is 3. The highest BCUT2D eigenvalue weighted by Gasteiger charge is 2.13. The lowest BCUT2D eigenvalue weighted by Crippen LogP contribution is -2.13. The van der Waals surface area contributed by atoms with Crippen molar-refractivity contribution in [3.63, 3.8) is 0 Å². The van der Waals surface area contributed by atoms with E-state index in [0.29, 0.717) is 18.0 Å². The van der Waals surface area contributed by atoms with Crippen LogP contribution in [-0.4, -0.2) is 17.6 Å². The Morgan fingerprint density at radius 1 is 1.53 bits per heavy atom. The van der Waals surface area contributed by atoms with Crippen LogP contribution >= 0.6 is 0 Å². The molecule has 0 aliphatic heterocycles. The molecule has 0 aliphatic rings. The molecule has 0 aliphatic carbocycles. The minimum Gasteiger partial charge on any atom is -0.461 e. The molecule has 1 rings (SSSR count). The van der Waals surface area contributed by atoms with Crippen LogP contribution in [0.2, 0.25) is 0 Å². The number of H-pyrrole nitrogens is 1. The van der Waals surface area contributed by atoms with E-state index in [2.05, 4.69) is 25.8 Å². The number of anilines is 1. The normalized spacial score (nSPS) is 11.4. The van der Waals surface area contributed by atoms with Gasteiger partial charge in [-0.05, 0) is 17.9 Å². The van der Waals surface area contributed by atoms with Gasteiger partial charge in [0, 0.05) is 6.20 Å². The van der Waals surface area contributed by atoms with Crippen molar-refractivity contribution in [3.05, 3.63) is 18.0 Å². The summed E-state index contributed by atoms with van der Waals surface area (Å²) in [5, 5.41) is 0. The second-order valence-corrected chi connectivity index (χ2v) is 4.79. The fourth-order valence-corrected chi connectivity index (χ4v) is 1.06. The Morgan fingerprint density at radius 2 is 2.20 bits per heavy atom. The predicted molar refractivity (Wildman–Crippen MR) is 59.6 cm³/mol. The summed E-state index contributed by atoms with van der Waals surface area (Å²) < 4.78 is 5.09. The second kappa shape index (κ2) is 4.38. The lowest BCUT2D eigenvalue weighted by molar-refractivity contribution is 0.0459. The van der Waals surface area contributed by atoms with Crippen LogP contribution in [-0.2, 0) is 4.74 Å². The maximum Gasteiger partial charge on any atom is 0.354 e. The third-order valence-corrected chi connectivity index (χ3v) is 2.01. The third-order valence-electron chi connectivity index (χ3n) is 2.01. The van der Waals surface area contributed by atoms with Crippen LogP contribution in [0.5, 0.6) is 0 Å². The van der Waals surface area contributed by atoms with Gasteiger partial charge in [0.2, 0.25) is 0 Å². The van der Waals surface area contributed by atoms with E-state index in [1.165, 1.54) is 0 Å². The van der Waals surface area contributed by atoms with Crippen LogP contribution in [0.25, 0.3) is 0 Å². The van der Waals surface area contributed by atoms with Gasteiger partial charge in [-0.1, -0.05) is 20.8 Å². The highest BCUT2D eigenvalue weighted by atomic mass is 16.5. The molecule has 0 saturated carbocycles. The molecule has 0 fully saturated rings. The van der Waals surface area contributed by atoms with Crippen molar-refractivity contribution in [2.45, 2.75) is 27.2 Å². The molecule has 1 aromatic heterocycles. The number of nitrogens with two attached hydrogens (primary N) is 1. The molecule has 0 radical (unpaired) electrons. The average Bonchev–Trinajstić information content (AvgIpc) is 2.49. The number of nitrogens with one attached hydrogen (secondary N) is 1. The summed E-state index contributed by atoms with van der Waals surface area (Å²) in [6, 6.07) is 1.57. The molecule has 1 heterocycles. The van der Waals surface area contributed by atoms with Crippen LogP contribution in [0, 0.1) is 5.41 Å². The smallest absolute Gasteiger partial charge is 0.354 e. The summed E-state index contributed by atoms with van der Waals surface area (Å²) in [6.45, 7) is 6.75. The fraction of sp³-hybridized carbons (Fsp3) is 0.545. The van der Waals surface area contributed by atoms with Crippen LogP contribution in [0.3, 0.4) is 0 Å². The lowest BCUT2D eigenvalue weighted by Gasteiger charge is -2.17. The number of aromatic nitrogens is 1. The first-order chi connectivity index (χ1) is 6.88. The molecule has 1 aromatic rings. The summed E-state index contributed by atoms with van der Waals surface area (Å²) in [4.78, 5) is 14.2. The van der Waals surface area contributed by atoms with Crippen LogP contribution < -0.4 is 5.73 Å². The molecule has 0 bridgehead atoms. The summed E-state index contributed by atoms with van der Waals surface area (Å²) in [5.41, 5.74) is 6.59. The zero-order chi connectivity index (χ0) is 11.5. The maximum absolute atomic E-state index is 11.4. The Labute approximate surface area is 89.8 Å². The Morgan fingerprint density at radius 3 is 2.67 bits per heavy atom. The Bertz CT molecular complexity index is 337. The van der Waals surface area contributed by atoms with Gasteiger partial charge in [0.1, 0.15) is 5.69 Å².